The number of hydrogen-bond acceptors (Lipinski definition) is 7. The Morgan fingerprint density at radius 1 is 0.846 bits per heavy atom. The van der Waals surface area contributed by atoms with Crippen LogP contribution in [-0.2, 0) is 22.9 Å². The summed E-state index contributed by atoms with van der Waals surface area (Å²) in [5, 5.41) is 6.86. The lowest BCUT2D eigenvalue weighted by atomic mass is 10.0. The Morgan fingerprint density at radius 3 is 2.36 bits per heavy atom. The third kappa shape index (κ3) is 5.91. The Labute approximate surface area is 235 Å². The lowest BCUT2D eigenvalue weighted by molar-refractivity contribution is 0.222. The fourth-order valence-corrected chi connectivity index (χ4v) is 7.74. The first-order chi connectivity index (χ1) is 19.0. The molecule has 1 aromatic heterocycles. The van der Waals surface area contributed by atoms with Crippen molar-refractivity contribution >= 4 is 44.8 Å². The van der Waals surface area contributed by atoms with Gasteiger partial charge in [-0.15, -0.1) is 0 Å². The van der Waals surface area contributed by atoms with E-state index in [1.54, 1.807) is 34.8 Å². The van der Waals surface area contributed by atoms with Crippen molar-refractivity contribution in [2.75, 3.05) is 36.8 Å². The SMILES string of the molecule is O=S(=O)(c1cccc(Nc2nc(Nc3ccc4c(c3)CC[C@@H](N3CCCC3)CC4)ncc2Cl)c1)N1CCCC1. The number of benzene rings is 2. The van der Waals surface area contributed by atoms with Gasteiger partial charge in [-0.25, -0.2) is 13.4 Å². The number of halogens is 1. The molecule has 0 saturated carbocycles. The molecule has 3 aliphatic rings. The number of hydrogen-bond donors (Lipinski definition) is 2. The first-order valence-corrected chi connectivity index (χ1v) is 15.8. The molecule has 2 aliphatic heterocycles. The molecule has 206 valence electrons. The van der Waals surface area contributed by atoms with Gasteiger partial charge in [-0.05, 0) is 106 Å². The van der Waals surface area contributed by atoms with E-state index < -0.39 is 10.0 Å². The Morgan fingerprint density at radius 2 is 1.56 bits per heavy atom. The molecule has 2 aromatic carbocycles. The van der Waals surface area contributed by atoms with Crippen LogP contribution in [0.2, 0.25) is 5.02 Å². The summed E-state index contributed by atoms with van der Waals surface area (Å²) in [4.78, 5) is 11.9. The molecule has 8 nitrogen and oxygen atoms in total. The van der Waals surface area contributed by atoms with Gasteiger partial charge in [-0.2, -0.15) is 9.29 Å². The highest BCUT2D eigenvalue weighted by Gasteiger charge is 2.27. The number of likely N-dealkylation sites (tertiary alicyclic amines) is 1. The highest BCUT2D eigenvalue weighted by Crippen LogP contribution is 2.30. The van der Waals surface area contributed by atoms with Gasteiger partial charge in [0.2, 0.25) is 16.0 Å². The molecule has 2 N–H and O–H groups in total. The summed E-state index contributed by atoms with van der Waals surface area (Å²) in [6, 6.07) is 14.0. The van der Waals surface area contributed by atoms with Gasteiger partial charge in [0.1, 0.15) is 5.02 Å². The number of sulfonamides is 1. The molecule has 10 heteroatoms. The minimum absolute atomic E-state index is 0.259. The van der Waals surface area contributed by atoms with E-state index in [1.807, 2.05) is 0 Å². The van der Waals surface area contributed by atoms with Crippen LogP contribution in [-0.4, -0.2) is 59.8 Å². The number of rotatable bonds is 7. The molecule has 0 spiro atoms. The van der Waals surface area contributed by atoms with Crippen molar-refractivity contribution in [3.8, 4) is 0 Å². The summed E-state index contributed by atoms with van der Waals surface area (Å²) in [6.45, 7) is 3.62. The van der Waals surface area contributed by atoms with Crippen molar-refractivity contribution in [1.82, 2.24) is 19.2 Å². The highest BCUT2D eigenvalue weighted by molar-refractivity contribution is 7.89. The third-order valence-electron chi connectivity index (χ3n) is 8.16. The number of aryl methyl sites for hydroxylation is 2. The summed E-state index contributed by atoms with van der Waals surface area (Å²) in [6.07, 6.45) is 10.6. The van der Waals surface area contributed by atoms with Crippen LogP contribution in [0.25, 0.3) is 0 Å². The molecule has 0 amide bonds. The second-order valence-electron chi connectivity index (χ2n) is 10.7. The van der Waals surface area contributed by atoms with Gasteiger partial charge in [0.15, 0.2) is 5.82 Å². The first kappa shape index (κ1) is 26.5. The predicted octanol–water partition coefficient (Wildman–Crippen LogP) is 5.74. The van der Waals surface area contributed by atoms with Gasteiger partial charge in [-0.1, -0.05) is 23.7 Å². The van der Waals surface area contributed by atoms with Crippen molar-refractivity contribution in [2.24, 2.45) is 0 Å². The molecule has 0 radical (unpaired) electrons. The number of fused-ring (bicyclic) bond motifs is 1. The Kier molecular flexibility index (Phi) is 7.75. The van der Waals surface area contributed by atoms with E-state index >= 15 is 0 Å². The number of anilines is 4. The zero-order valence-electron chi connectivity index (χ0n) is 22.1. The number of nitrogens with one attached hydrogen (secondary N) is 2. The van der Waals surface area contributed by atoms with Crippen LogP contribution in [0.3, 0.4) is 0 Å². The van der Waals surface area contributed by atoms with Crippen molar-refractivity contribution in [2.45, 2.75) is 62.3 Å². The van der Waals surface area contributed by atoms with Crippen LogP contribution in [0, 0.1) is 0 Å². The molecule has 0 bridgehead atoms. The van der Waals surface area contributed by atoms with Crippen molar-refractivity contribution in [3.63, 3.8) is 0 Å². The molecule has 39 heavy (non-hydrogen) atoms. The average molecular weight is 567 g/mol. The van der Waals surface area contributed by atoms with Gasteiger partial charge in [0.25, 0.3) is 0 Å². The minimum Gasteiger partial charge on any atom is -0.339 e. The monoisotopic (exact) mass is 566 g/mol. The van der Waals surface area contributed by atoms with E-state index in [-0.39, 0.29) is 4.90 Å². The standard InChI is InChI=1S/C29H35ClN6O2S/c30-27-20-31-29(33-24-11-8-21-9-12-25(13-10-22(21)18-24)35-14-1-2-15-35)34-28(27)32-23-6-5-7-26(19-23)39(37,38)36-16-3-4-17-36/h5-8,11,18-20,25H,1-4,9-10,12-17H2,(H2,31,32,33,34)/t25-/m0/s1. The molecule has 2 saturated heterocycles. The van der Waals surface area contributed by atoms with Crippen molar-refractivity contribution in [1.29, 1.82) is 0 Å². The van der Waals surface area contributed by atoms with E-state index in [0.29, 0.717) is 41.6 Å². The zero-order valence-corrected chi connectivity index (χ0v) is 23.6. The maximum atomic E-state index is 13.0. The smallest absolute Gasteiger partial charge is 0.243 e. The predicted molar refractivity (Wildman–Crippen MR) is 156 cm³/mol. The fraction of sp³-hybridized carbons (Fsp3) is 0.448. The van der Waals surface area contributed by atoms with E-state index in [4.69, 9.17) is 11.6 Å². The van der Waals surface area contributed by atoms with Crippen LogP contribution in [0.4, 0.5) is 23.1 Å². The molecule has 6 rings (SSSR count). The highest BCUT2D eigenvalue weighted by atomic mass is 35.5. The molecule has 1 atom stereocenters. The molecule has 0 unspecified atom stereocenters. The van der Waals surface area contributed by atoms with Crippen LogP contribution < -0.4 is 10.6 Å². The third-order valence-corrected chi connectivity index (χ3v) is 10.3. The summed E-state index contributed by atoms with van der Waals surface area (Å²) >= 11 is 6.42. The molecule has 3 aromatic rings. The van der Waals surface area contributed by atoms with Gasteiger partial charge >= 0.3 is 0 Å². The Balaban J connectivity index is 1.16. The minimum atomic E-state index is -3.52. The molecule has 3 heterocycles. The zero-order chi connectivity index (χ0) is 26.8. The molecule has 1 aliphatic carbocycles. The van der Waals surface area contributed by atoms with Gasteiger partial charge in [-0.3, -0.25) is 0 Å². The van der Waals surface area contributed by atoms with Crippen molar-refractivity contribution < 1.29 is 8.42 Å². The van der Waals surface area contributed by atoms with Crippen LogP contribution in [0.15, 0.2) is 53.6 Å². The van der Waals surface area contributed by atoms with Gasteiger partial charge in [0, 0.05) is 30.5 Å². The van der Waals surface area contributed by atoms with E-state index in [2.05, 4.69) is 43.7 Å². The van der Waals surface area contributed by atoms with E-state index in [9.17, 15) is 8.42 Å². The molecule has 2 fully saturated rings. The van der Waals surface area contributed by atoms with Crippen LogP contribution >= 0.6 is 11.6 Å². The summed E-state index contributed by atoms with van der Waals surface area (Å²) in [7, 11) is -3.52. The molecular weight excluding hydrogens is 532 g/mol. The fourth-order valence-electron chi connectivity index (χ4n) is 6.03. The second kappa shape index (κ2) is 11.4. The van der Waals surface area contributed by atoms with Crippen LogP contribution in [0.5, 0.6) is 0 Å². The van der Waals surface area contributed by atoms with Crippen LogP contribution in [0.1, 0.15) is 49.7 Å². The van der Waals surface area contributed by atoms with Gasteiger partial charge in [0.05, 0.1) is 11.1 Å². The normalized spacial score (nSPS) is 20.5. The Hall–Kier alpha value is -2.72. The topological polar surface area (TPSA) is 90.5 Å². The number of aromatic nitrogens is 2. The maximum Gasteiger partial charge on any atom is 0.243 e. The summed E-state index contributed by atoms with van der Waals surface area (Å²) in [5.41, 5.74) is 4.37. The Bertz CT molecular complexity index is 1440. The second-order valence-corrected chi connectivity index (χ2v) is 13.1. The lowest BCUT2D eigenvalue weighted by Gasteiger charge is -2.25. The summed E-state index contributed by atoms with van der Waals surface area (Å²) in [5.74, 6) is 0.833. The summed E-state index contributed by atoms with van der Waals surface area (Å²) < 4.78 is 27.6. The van der Waals surface area contributed by atoms with Crippen molar-refractivity contribution in [3.05, 3.63) is 64.8 Å². The lowest BCUT2D eigenvalue weighted by Crippen LogP contribution is -2.32. The maximum absolute atomic E-state index is 13.0. The quantitative estimate of drug-likeness (QED) is 0.352. The van der Waals surface area contributed by atoms with E-state index in [1.165, 1.54) is 49.9 Å². The molecular formula is C29H35ClN6O2S. The number of nitrogens with zero attached hydrogens (tertiary/aromatic N) is 4. The van der Waals surface area contributed by atoms with Gasteiger partial charge < -0.3 is 15.5 Å². The average Bonchev–Trinajstić information content (AvgIpc) is 3.64. The van der Waals surface area contributed by atoms with E-state index in [0.717, 1.165) is 31.4 Å². The first-order valence-electron chi connectivity index (χ1n) is 14.0. The largest absolute Gasteiger partial charge is 0.339 e.